The van der Waals surface area contributed by atoms with Crippen LogP contribution < -0.4 is 5.73 Å². The van der Waals surface area contributed by atoms with Crippen molar-refractivity contribution in [3.63, 3.8) is 0 Å². The molecule has 0 unspecified atom stereocenters. The first kappa shape index (κ1) is 5.10. The molecule has 0 aliphatic heterocycles. The Morgan fingerprint density at radius 2 is 2.14 bits per heavy atom. The maximum Gasteiger partial charge on any atom is -0.00436 e. The third-order valence-electron chi connectivity index (χ3n) is 2.00. The summed E-state index contributed by atoms with van der Waals surface area (Å²) in [5.41, 5.74) is 6.00. The Balaban J connectivity index is 2.30. The standard InChI is InChI=1S/C6H13N/c1-6(2)3-5(6)4-7/h5H,3-4,7H2,1-2H3/t5-/m0/s1. The molecule has 1 aliphatic rings. The Morgan fingerprint density at radius 1 is 1.71 bits per heavy atom. The van der Waals surface area contributed by atoms with Crippen molar-refractivity contribution in [3.8, 4) is 0 Å². The highest BCUT2D eigenvalue weighted by atomic mass is 14.6. The van der Waals surface area contributed by atoms with Crippen molar-refractivity contribution in [3.05, 3.63) is 0 Å². The molecule has 1 aliphatic carbocycles. The first-order chi connectivity index (χ1) is 3.17. The summed E-state index contributed by atoms with van der Waals surface area (Å²) in [5.74, 6) is 0.826. The normalized spacial score (nSPS) is 35.6. The highest BCUT2D eigenvalue weighted by Gasteiger charge is 2.43. The molecule has 2 N–H and O–H groups in total. The quantitative estimate of drug-likeness (QED) is 0.521. The molecule has 1 heteroatoms. The van der Waals surface area contributed by atoms with Gasteiger partial charge in [0.2, 0.25) is 0 Å². The van der Waals surface area contributed by atoms with E-state index in [1.54, 1.807) is 0 Å². The lowest BCUT2D eigenvalue weighted by Crippen LogP contribution is -2.04. The van der Waals surface area contributed by atoms with Gasteiger partial charge in [0.25, 0.3) is 0 Å². The van der Waals surface area contributed by atoms with Gasteiger partial charge >= 0.3 is 0 Å². The maximum atomic E-state index is 5.41. The zero-order chi connectivity index (χ0) is 5.49. The van der Waals surface area contributed by atoms with Crippen molar-refractivity contribution in [2.24, 2.45) is 17.1 Å². The minimum atomic E-state index is 0.592. The second-order valence-electron chi connectivity index (χ2n) is 3.13. The van der Waals surface area contributed by atoms with Crippen LogP contribution >= 0.6 is 0 Å². The van der Waals surface area contributed by atoms with Crippen molar-refractivity contribution < 1.29 is 0 Å². The largest absolute Gasteiger partial charge is 0.330 e. The Hall–Kier alpha value is -0.0400. The van der Waals surface area contributed by atoms with E-state index in [1.165, 1.54) is 6.42 Å². The first-order valence-electron chi connectivity index (χ1n) is 2.87. The van der Waals surface area contributed by atoms with E-state index in [2.05, 4.69) is 13.8 Å². The summed E-state index contributed by atoms with van der Waals surface area (Å²) >= 11 is 0. The van der Waals surface area contributed by atoms with Crippen LogP contribution in [0, 0.1) is 11.3 Å². The van der Waals surface area contributed by atoms with Crippen LogP contribution in [0.1, 0.15) is 20.3 Å². The molecule has 0 amide bonds. The van der Waals surface area contributed by atoms with Gasteiger partial charge in [0.15, 0.2) is 0 Å². The molecule has 1 nitrogen and oxygen atoms in total. The minimum absolute atomic E-state index is 0.592. The zero-order valence-corrected chi connectivity index (χ0v) is 5.07. The van der Waals surface area contributed by atoms with Gasteiger partial charge in [-0.1, -0.05) is 13.8 Å². The fourth-order valence-electron chi connectivity index (χ4n) is 0.979. The van der Waals surface area contributed by atoms with Crippen molar-refractivity contribution in [2.75, 3.05) is 6.54 Å². The lowest BCUT2D eigenvalue weighted by molar-refractivity contribution is 0.565. The van der Waals surface area contributed by atoms with Gasteiger partial charge in [0.1, 0.15) is 0 Å². The van der Waals surface area contributed by atoms with Crippen LogP contribution in [-0.4, -0.2) is 6.54 Å². The molecular weight excluding hydrogens is 86.1 g/mol. The molecule has 1 saturated carbocycles. The SMILES string of the molecule is CC1(C)C[C@H]1CN. The van der Waals surface area contributed by atoms with E-state index in [1.807, 2.05) is 0 Å². The van der Waals surface area contributed by atoms with Gasteiger partial charge in [-0.25, -0.2) is 0 Å². The van der Waals surface area contributed by atoms with Crippen LogP contribution in [0.5, 0.6) is 0 Å². The number of rotatable bonds is 1. The Morgan fingerprint density at radius 3 is 2.14 bits per heavy atom. The zero-order valence-electron chi connectivity index (χ0n) is 5.07. The van der Waals surface area contributed by atoms with Crippen LogP contribution in [0.4, 0.5) is 0 Å². The highest BCUT2D eigenvalue weighted by Crippen LogP contribution is 2.50. The predicted octanol–water partition coefficient (Wildman–Crippen LogP) is 0.991. The smallest absolute Gasteiger partial charge is 0.00436 e. The van der Waals surface area contributed by atoms with Gasteiger partial charge in [-0.3, -0.25) is 0 Å². The summed E-state index contributed by atoms with van der Waals surface area (Å²) in [5, 5.41) is 0. The average Bonchev–Trinajstić information content (AvgIpc) is 2.13. The minimum Gasteiger partial charge on any atom is -0.330 e. The molecule has 1 atom stereocenters. The van der Waals surface area contributed by atoms with Gasteiger partial charge < -0.3 is 5.73 Å². The third-order valence-corrected chi connectivity index (χ3v) is 2.00. The first-order valence-corrected chi connectivity index (χ1v) is 2.87. The van der Waals surface area contributed by atoms with Crippen LogP contribution in [0.25, 0.3) is 0 Å². The molecule has 1 rings (SSSR count). The molecule has 0 spiro atoms. The molecule has 0 saturated heterocycles. The van der Waals surface area contributed by atoms with E-state index in [-0.39, 0.29) is 0 Å². The van der Waals surface area contributed by atoms with Crippen LogP contribution in [0.15, 0.2) is 0 Å². The molecule has 0 heterocycles. The summed E-state index contributed by atoms with van der Waals surface area (Å²) in [6.07, 6.45) is 1.34. The predicted molar refractivity (Wildman–Crippen MR) is 30.9 cm³/mol. The second kappa shape index (κ2) is 1.22. The Kier molecular flexibility index (Phi) is 0.890. The highest BCUT2D eigenvalue weighted by molar-refractivity contribution is 4.95. The van der Waals surface area contributed by atoms with E-state index in [4.69, 9.17) is 5.73 Å². The summed E-state index contributed by atoms with van der Waals surface area (Å²) < 4.78 is 0. The molecule has 42 valence electrons. The van der Waals surface area contributed by atoms with Crippen LogP contribution in [0.3, 0.4) is 0 Å². The molecule has 0 bridgehead atoms. The molecule has 7 heavy (non-hydrogen) atoms. The van der Waals surface area contributed by atoms with Gasteiger partial charge in [0.05, 0.1) is 0 Å². The van der Waals surface area contributed by atoms with E-state index >= 15 is 0 Å². The number of hydrogen-bond acceptors (Lipinski definition) is 1. The summed E-state index contributed by atoms with van der Waals surface area (Å²) in [4.78, 5) is 0. The van der Waals surface area contributed by atoms with Gasteiger partial charge in [0, 0.05) is 0 Å². The monoisotopic (exact) mass is 99.1 g/mol. The molecule has 0 aromatic carbocycles. The number of hydrogen-bond donors (Lipinski definition) is 1. The maximum absolute atomic E-state index is 5.41. The second-order valence-corrected chi connectivity index (χ2v) is 3.13. The molecular formula is C6H13N. The van der Waals surface area contributed by atoms with Crippen molar-refractivity contribution >= 4 is 0 Å². The molecule has 1 fully saturated rings. The summed E-state index contributed by atoms with van der Waals surface area (Å²) in [6.45, 7) is 5.42. The third kappa shape index (κ3) is 0.778. The average molecular weight is 99.2 g/mol. The van der Waals surface area contributed by atoms with Crippen LogP contribution in [-0.2, 0) is 0 Å². The summed E-state index contributed by atoms with van der Waals surface area (Å²) in [6, 6.07) is 0. The van der Waals surface area contributed by atoms with Gasteiger partial charge in [-0.05, 0) is 24.3 Å². The lowest BCUT2D eigenvalue weighted by Gasteiger charge is -1.95. The Labute approximate surface area is 44.9 Å². The van der Waals surface area contributed by atoms with E-state index in [9.17, 15) is 0 Å². The molecule has 0 aromatic rings. The van der Waals surface area contributed by atoms with Crippen molar-refractivity contribution in [2.45, 2.75) is 20.3 Å². The van der Waals surface area contributed by atoms with Gasteiger partial charge in [-0.2, -0.15) is 0 Å². The van der Waals surface area contributed by atoms with E-state index in [0.29, 0.717) is 5.41 Å². The van der Waals surface area contributed by atoms with Gasteiger partial charge in [-0.15, -0.1) is 0 Å². The Bertz CT molecular complexity index is 76.2. The van der Waals surface area contributed by atoms with Crippen molar-refractivity contribution in [1.82, 2.24) is 0 Å². The van der Waals surface area contributed by atoms with E-state index in [0.717, 1.165) is 12.5 Å². The fourth-order valence-corrected chi connectivity index (χ4v) is 0.979. The topological polar surface area (TPSA) is 26.0 Å². The lowest BCUT2D eigenvalue weighted by atomic mass is 10.1. The molecule has 0 aromatic heterocycles. The molecule has 0 radical (unpaired) electrons. The van der Waals surface area contributed by atoms with E-state index < -0.39 is 0 Å². The fraction of sp³-hybridized carbons (Fsp3) is 1.00. The van der Waals surface area contributed by atoms with Crippen molar-refractivity contribution in [1.29, 1.82) is 0 Å². The number of nitrogens with two attached hydrogens (primary N) is 1. The summed E-state index contributed by atoms with van der Waals surface area (Å²) in [7, 11) is 0. The van der Waals surface area contributed by atoms with Crippen LogP contribution in [0.2, 0.25) is 0 Å².